The van der Waals surface area contributed by atoms with Crippen molar-refractivity contribution in [3.05, 3.63) is 23.8 Å². The summed E-state index contributed by atoms with van der Waals surface area (Å²) in [6.07, 6.45) is 3.96. The van der Waals surface area contributed by atoms with Crippen molar-refractivity contribution in [2.75, 3.05) is 20.3 Å². The van der Waals surface area contributed by atoms with E-state index in [1.807, 2.05) is 25.1 Å². The molecule has 1 aromatic carbocycles. The quantitative estimate of drug-likeness (QED) is 0.675. The van der Waals surface area contributed by atoms with Gasteiger partial charge >= 0.3 is 0 Å². The number of aliphatic hydroxyl groups excluding tert-OH is 1. The number of benzene rings is 1. The standard InChI is InChI=1S/C15H25NO3/c1-12(16)13-7-8-14(15(11-13)18-2)19-10-6-4-3-5-9-17/h7-8,11-12,17H,3-6,9-10,16H2,1-2H3/t12-/m0/s1. The highest BCUT2D eigenvalue weighted by atomic mass is 16.5. The third kappa shape index (κ3) is 5.49. The molecule has 0 aliphatic carbocycles. The number of nitrogens with two attached hydrogens (primary N) is 1. The molecule has 0 fully saturated rings. The minimum atomic E-state index is -0.0126. The van der Waals surface area contributed by atoms with E-state index in [4.69, 9.17) is 20.3 Å². The highest BCUT2D eigenvalue weighted by Gasteiger charge is 2.07. The van der Waals surface area contributed by atoms with Crippen molar-refractivity contribution in [1.29, 1.82) is 0 Å². The summed E-state index contributed by atoms with van der Waals surface area (Å²) in [5, 5.41) is 8.68. The van der Waals surface area contributed by atoms with Crippen LogP contribution in [0.3, 0.4) is 0 Å². The Bertz CT molecular complexity index is 366. The summed E-state index contributed by atoms with van der Waals surface area (Å²) >= 11 is 0. The number of ether oxygens (including phenoxy) is 2. The Morgan fingerprint density at radius 2 is 1.89 bits per heavy atom. The lowest BCUT2D eigenvalue weighted by Crippen LogP contribution is -2.06. The largest absolute Gasteiger partial charge is 0.493 e. The maximum Gasteiger partial charge on any atom is 0.161 e. The minimum Gasteiger partial charge on any atom is -0.493 e. The first-order valence-corrected chi connectivity index (χ1v) is 6.86. The number of rotatable bonds is 9. The molecule has 0 amide bonds. The van der Waals surface area contributed by atoms with Gasteiger partial charge in [-0.25, -0.2) is 0 Å². The Labute approximate surface area is 115 Å². The van der Waals surface area contributed by atoms with Crippen molar-refractivity contribution in [1.82, 2.24) is 0 Å². The zero-order valence-corrected chi connectivity index (χ0v) is 11.9. The molecule has 0 aliphatic rings. The van der Waals surface area contributed by atoms with Gasteiger partial charge in [-0.2, -0.15) is 0 Å². The molecule has 4 heteroatoms. The number of aliphatic hydroxyl groups is 1. The molecule has 0 aliphatic heterocycles. The van der Waals surface area contributed by atoms with Gasteiger partial charge < -0.3 is 20.3 Å². The van der Waals surface area contributed by atoms with Crippen molar-refractivity contribution in [3.63, 3.8) is 0 Å². The van der Waals surface area contributed by atoms with Crippen LogP contribution in [0.1, 0.15) is 44.2 Å². The maximum absolute atomic E-state index is 8.68. The van der Waals surface area contributed by atoms with Gasteiger partial charge in [-0.1, -0.05) is 12.5 Å². The summed E-state index contributed by atoms with van der Waals surface area (Å²) in [7, 11) is 1.63. The molecule has 0 aromatic heterocycles. The second kappa shape index (κ2) is 8.77. The Balaban J connectivity index is 2.44. The van der Waals surface area contributed by atoms with Crippen molar-refractivity contribution in [2.24, 2.45) is 5.73 Å². The lowest BCUT2D eigenvalue weighted by molar-refractivity contribution is 0.268. The van der Waals surface area contributed by atoms with Gasteiger partial charge in [-0.3, -0.25) is 0 Å². The lowest BCUT2D eigenvalue weighted by Gasteiger charge is -2.13. The van der Waals surface area contributed by atoms with Crippen LogP contribution in [0.4, 0.5) is 0 Å². The van der Waals surface area contributed by atoms with Crippen LogP contribution in [-0.4, -0.2) is 25.4 Å². The zero-order chi connectivity index (χ0) is 14.1. The van der Waals surface area contributed by atoms with E-state index in [2.05, 4.69) is 0 Å². The fourth-order valence-electron chi connectivity index (χ4n) is 1.84. The first-order valence-electron chi connectivity index (χ1n) is 6.86. The number of unbranched alkanes of at least 4 members (excludes halogenated alkanes) is 3. The van der Waals surface area contributed by atoms with Crippen LogP contribution >= 0.6 is 0 Å². The van der Waals surface area contributed by atoms with Gasteiger partial charge in [0.2, 0.25) is 0 Å². The maximum atomic E-state index is 8.68. The molecule has 0 radical (unpaired) electrons. The molecule has 0 unspecified atom stereocenters. The van der Waals surface area contributed by atoms with Crippen LogP contribution in [-0.2, 0) is 0 Å². The molecular weight excluding hydrogens is 242 g/mol. The lowest BCUT2D eigenvalue weighted by atomic mass is 10.1. The molecule has 0 heterocycles. The number of hydrogen-bond acceptors (Lipinski definition) is 4. The molecule has 1 rings (SSSR count). The smallest absolute Gasteiger partial charge is 0.161 e. The van der Waals surface area contributed by atoms with Gasteiger partial charge in [-0.15, -0.1) is 0 Å². The molecule has 19 heavy (non-hydrogen) atoms. The topological polar surface area (TPSA) is 64.7 Å². The van der Waals surface area contributed by atoms with Gasteiger partial charge in [0.05, 0.1) is 13.7 Å². The van der Waals surface area contributed by atoms with Gasteiger partial charge in [0.15, 0.2) is 11.5 Å². The van der Waals surface area contributed by atoms with Crippen LogP contribution in [0.15, 0.2) is 18.2 Å². The molecule has 0 spiro atoms. The summed E-state index contributed by atoms with van der Waals surface area (Å²) < 4.78 is 11.0. The van der Waals surface area contributed by atoms with E-state index >= 15 is 0 Å². The average Bonchev–Trinajstić information content (AvgIpc) is 2.42. The summed E-state index contributed by atoms with van der Waals surface area (Å²) in [6, 6.07) is 5.78. The molecule has 3 N–H and O–H groups in total. The number of hydrogen-bond donors (Lipinski definition) is 2. The van der Waals surface area contributed by atoms with E-state index in [1.165, 1.54) is 0 Å². The molecule has 1 aromatic rings. The highest BCUT2D eigenvalue weighted by Crippen LogP contribution is 2.29. The minimum absolute atomic E-state index is 0.0126. The summed E-state index contributed by atoms with van der Waals surface area (Å²) in [6.45, 7) is 2.88. The predicted octanol–water partition coefficient (Wildman–Crippen LogP) is 2.65. The van der Waals surface area contributed by atoms with Crippen LogP contribution < -0.4 is 15.2 Å². The van der Waals surface area contributed by atoms with E-state index in [-0.39, 0.29) is 12.6 Å². The Hall–Kier alpha value is -1.26. The van der Waals surface area contributed by atoms with Crippen LogP contribution in [0.5, 0.6) is 11.5 Å². The molecular formula is C15H25NO3. The van der Waals surface area contributed by atoms with Crippen LogP contribution in [0.25, 0.3) is 0 Å². The molecule has 4 nitrogen and oxygen atoms in total. The van der Waals surface area contributed by atoms with E-state index in [0.717, 1.165) is 42.7 Å². The Morgan fingerprint density at radius 1 is 1.16 bits per heavy atom. The van der Waals surface area contributed by atoms with E-state index in [1.54, 1.807) is 7.11 Å². The zero-order valence-electron chi connectivity index (χ0n) is 11.9. The SMILES string of the molecule is COc1cc([C@H](C)N)ccc1OCCCCCCO. The molecule has 0 saturated carbocycles. The fourth-order valence-corrected chi connectivity index (χ4v) is 1.84. The first kappa shape index (κ1) is 15.8. The Kier molecular flexibility index (Phi) is 7.30. The second-order valence-electron chi connectivity index (χ2n) is 4.69. The van der Waals surface area contributed by atoms with Gasteiger partial charge in [-0.05, 0) is 43.9 Å². The highest BCUT2D eigenvalue weighted by molar-refractivity contribution is 5.43. The van der Waals surface area contributed by atoms with Crippen molar-refractivity contribution < 1.29 is 14.6 Å². The van der Waals surface area contributed by atoms with E-state index in [0.29, 0.717) is 6.61 Å². The van der Waals surface area contributed by atoms with E-state index < -0.39 is 0 Å². The summed E-state index contributed by atoms with van der Waals surface area (Å²) in [5.41, 5.74) is 6.87. The van der Waals surface area contributed by atoms with Crippen LogP contribution in [0, 0.1) is 0 Å². The Morgan fingerprint density at radius 3 is 2.53 bits per heavy atom. The molecule has 1 atom stereocenters. The van der Waals surface area contributed by atoms with Gasteiger partial charge in [0.1, 0.15) is 0 Å². The fraction of sp³-hybridized carbons (Fsp3) is 0.600. The van der Waals surface area contributed by atoms with Gasteiger partial charge in [0.25, 0.3) is 0 Å². The first-order chi connectivity index (χ1) is 9.19. The molecule has 0 bridgehead atoms. The predicted molar refractivity (Wildman–Crippen MR) is 76.6 cm³/mol. The average molecular weight is 267 g/mol. The summed E-state index contributed by atoms with van der Waals surface area (Å²) in [5.74, 6) is 1.49. The van der Waals surface area contributed by atoms with Crippen LogP contribution in [0.2, 0.25) is 0 Å². The van der Waals surface area contributed by atoms with Crippen molar-refractivity contribution >= 4 is 0 Å². The van der Waals surface area contributed by atoms with Crippen molar-refractivity contribution in [3.8, 4) is 11.5 Å². The second-order valence-corrected chi connectivity index (χ2v) is 4.69. The van der Waals surface area contributed by atoms with Crippen molar-refractivity contribution in [2.45, 2.75) is 38.6 Å². The molecule has 0 saturated heterocycles. The third-order valence-electron chi connectivity index (χ3n) is 3.02. The van der Waals surface area contributed by atoms with E-state index in [9.17, 15) is 0 Å². The third-order valence-corrected chi connectivity index (χ3v) is 3.02. The van der Waals surface area contributed by atoms with Gasteiger partial charge in [0, 0.05) is 12.6 Å². The summed E-state index contributed by atoms with van der Waals surface area (Å²) in [4.78, 5) is 0. The monoisotopic (exact) mass is 267 g/mol. The molecule has 108 valence electrons. The normalized spacial score (nSPS) is 12.2. The number of methoxy groups -OCH3 is 1.